The lowest BCUT2D eigenvalue weighted by molar-refractivity contribution is -0.123. The quantitative estimate of drug-likeness (QED) is 0.696. The topological polar surface area (TPSA) is 70.2 Å². The summed E-state index contributed by atoms with van der Waals surface area (Å²) in [4.78, 5) is 24.1. The predicted octanol–water partition coefficient (Wildman–Crippen LogP) is 3.95. The molecule has 2 amide bonds. The van der Waals surface area contributed by atoms with Crippen molar-refractivity contribution in [3.63, 3.8) is 0 Å². The lowest BCUT2D eigenvalue weighted by atomic mass is 10.1. The average Bonchev–Trinajstić information content (AvgIpc) is 2.61. The SMILES string of the molecule is Cc1ccc(C(=O)NCC(F)(F)F)cc1NCC(=O)Nc1c(C)cccc1C. The van der Waals surface area contributed by atoms with Crippen LogP contribution in [0.5, 0.6) is 0 Å². The highest BCUT2D eigenvalue weighted by molar-refractivity contribution is 5.97. The fraction of sp³-hybridized carbons (Fsp3) is 0.300. The highest BCUT2D eigenvalue weighted by atomic mass is 19.4. The van der Waals surface area contributed by atoms with Gasteiger partial charge in [-0.05, 0) is 49.6 Å². The standard InChI is InChI=1S/C20H22F3N3O2/c1-12-7-8-15(19(28)25-11-20(21,22)23)9-16(12)24-10-17(27)26-18-13(2)5-4-6-14(18)3/h4-9,24H,10-11H2,1-3H3,(H,25,28)(H,26,27). The summed E-state index contributed by atoms with van der Waals surface area (Å²) < 4.78 is 36.7. The summed E-state index contributed by atoms with van der Waals surface area (Å²) in [5.41, 5.74) is 3.95. The highest BCUT2D eigenvalue weighted by Gasteiger charge is 2.28. The van der Waals surface area contributed by atoms with E-state index in [9.17, 15) is 22.8 Å². The van der Waals surface area contributed by atoms with Crippen LogP contribution in [0.4, 0.5) is 24.5 Å². The van der Waals surface area contributed by atoms with Crippen LogP contribution in [-0.4, -0.2) is 31.1 Å². The molecule has 0 unspecified atom stereocenters. The monoisotopic (exact) mass is 393 g/mol. The van der Waals surface area contributed by atoms with Gasteiger partial charge in [0.25, 0.3) is 5.91 Å². The Morgan fingerprint density at radius 1 is 0.964 bits per heavy atom. The second kappa shape index (κ2) is 8.77. The van der Waals surface area contributed by atoms with Gasteiger partial charge < -0.3 is 16.0 Å². The third-order valence-electron chi connectivity index (χ3n) is 4.13. The van der Waals surface area contributed by atoms with Crippen LogP contribution < -0.4 is 16.0 Å². The minimum atomic E-state index is -4.48. The van der Waals surface area contributed by atoms with E-state index < -0.39 is 18.6 Å². The van der Waals surface area contributed by atoms with Gasteiger partial charge in [-0.1, -0.05) is 24.3 Å². The number of anilines is 2. The van der Waals surface area contributed by atoms with Crippen LogP contribution in [0.3, 0.4) is 0 Å². The molecule has 0 fully saturated rings. The maximum absolute atomic E-state index is 12.3. The molecule has 0 aliphatic carbocycles. The van der Waals surface area contributed by atoms with Gasteiger partial charge in [0.1, 0.15) is 6.54 Å². The van der Waals surface area contributed by atoms with Crippen molar-refractivity contribution in [2.24, 2.45) is 0 Å². The summed E-state index contributed by atoms with van der Waals surface area (Å²) in [6, 6.07) is 10.1. The first-order valence-corrected chi connectivity index (χ1v) is 8.62. The Hall–Kier alpha value is -3.03. The zero-order valence-corrected chi connectivity index (χ0v) is 15.8. The van der Waals surface area contributed by atoms with Crippen molar-refractivity contribution in [1.29, 1.82) is 0 Å². The molecule has 8 heteroatoms. The number of nitrogens with one attached hydrogen (secondary N) is 3. The summed E-state index contributed by atoms with van der Waals surface area (Å²) in [6.07, 6.45) is -4.48. The van der Waals surface area contributed by atoms with Crippen LogP contribution in [0.25, 0.3) is 0 Å². The molecular formula is C20H22F3N3O2. The van der Waals surface area contributed by atoms with Crippen molar-refractivity contribution in [3.8, 4) is 0 Å². The van der Waals surface area contributed by atoms with E-state index >= 15 is 0 Å². The molecular weight excluding hydrogens is 371 g/mol. The molecule has 0 bridgehead atoms. The molecule has 150 valence electrons. The molecule has 2 rings (SSSR count). The number of rotatable bonds is 6. The van der Waals surface area contributed by atoms with Gasteiger partial charge in [-0.15, -0.1) is 0 Å². The van der Waals surface area contributed by atoms with Crippen molar-refractivity contribution < 1.29 is 22.8 Å². The van der Waals surface area contributed by atoms with E-state index in [2.05, 4.69) is 10.6 Å². The molecule has 0 spiro atoms. The van der Waals surface area contributed by atoms with Gasteiger partial charge in [0.05, 0.1) is 6.54 Å². The van der Waals surface area contributed by atoms with Crippen molar-refractivity contribution in [1.82, 2.24) is 5.32 Å². The van der Waals surface area contributed by atoms with Gasteiger partial charge in [-0.25, -0.2) is 0 Å². The molecule has 0 saturated heterocycles. The first kappa shape index (κ1) is 21.3. The number of hydrogen-bond acceptors (Lipinski definition) is 3. The van der Waals surface area contributed by atoms with E-state index in [1.54, 1.807) is 13.0 Å². The fourth-order valence-corrected chi connectivity index (χ4v) is 2.61. The zero-order valence-electron chi connectivity index (χ0n) is 15.8. The number of aryl methyl sites for hydroxylation is 3. The third-order valence-corrected chi connectivity index (χ3v) is 4.13. The Kier molecular flexibility index (Phi) is 6.66. The van der Waals surface area contributed by atoms with Crippen molar-refractivity contribution >= 4 is 23.2 Å². The molecule has 0 heterocycles. The van der Waals surface area contributed by atoms with Crippen LogP contribution in [0.2, 0.25) is 0 Å². The molecule has 3 N–H and O–H groups in total. The Morgan fingerprint density at radius 3 is 2.21 bits per heavy atom. The normalized spacial score (nSPS) is 11.1. The van der Waals surface area contributed by atoms with Crippen LogP contribution in [0.15, 0.2) is 36.4 Å². The van der Waals surface area contributed by atoms with E-state index in [0.717, 1.165) is 22.4 Å². The van der Waals surface area contributed by atoms with Crippen LogP contribution in [0.1, 0.15) is 27.0 Å². The number of carbonyl (C=O) groups is 2. The smallest absolute Gasteiger partial charge is 0.376 e. The summed E-state index contributed by atoms with van der Waals surface area (Å²) >= 11 is 0. The Balaban J connectivity index is 2.02. The van der Waals surface area contributed by atoms with Gasteiger partial charge in [0.15, 0.2) is 0 Å². The summed E-state index contributed by atoms with van der Waals surface area (Å²) in [7, 11) is 0. The number of para-hydroxylation sites is 1. The second-order valence-electron chi connectivity index (χ2n) is 6.50. The highest BCUT2D eigenvalue weighted by Crippen LogP contribution is 2.20. The molecule has 0 aromatic heterocycles. The van der Waals surface area contributed by atoms with Gasteiger partial charge in [-0.2, -0.15) is 13.2 Å². The first-order valence-electron chi connectivity index (χ1n) is 8.62. The number of amides is 2. The summed E-state index contributed by atoms with van der Waals surface area (Å²) in [6.45, 7) is 4.10. The van der Waals surface area contributed by atoms with E-state index in [-0.39, 0.29) is 18.0 Å². The predicted molar refractivity (Wildman–Crippen MR) is 103 cm³/mol. The van der Waals surface area contributed by atoms with Gasteiger partial charge >= 0.3 is 6.18 Å². The van der Waals surface area contributed by atoms with Crippen molar-refractivity contribution in [3.05, 3.63) is 58.7 Å². The molecule has 5 nitrogen and oxygen atoms in total. The Bertz CT molecular complexity index is 859. The van der Waals surface area contributed by atoms with Crippen molar-refractivity contribution in [2.75, 3.05) is 23.7 Å². The third kappa shape index (κ3) is 6.00. The average molecular weight is 393 g/mol. The van der Waals surface area contributed by atoms with Gasteiger partial charge in [-0.3, -0.25) is 9.59 Å². The van der Waals surface area contributed by atoms with Gasteiger partial charge in [0.2, 0.25) is 5.91 Å². The summed E-state index contributed by atoms with van der Waals surface area (Å²) in [5.74, 6) is -1.11. The largest absolute Gasteiger partial charge is 0.405 e. The van der Waals surface area contributed by atoms with Crippen LogP contribution in [-0.2, 0) is 4.79 Å². The number of benzene rings is 2. The van der Waals surface area contributed by atoms with E-state index in [4.69, 9.17) is 0 Å². The number of hydrogen-bond donors (Lipinski definition) is 3. The molecule has 2 aromatic carbocycles. The van der Waals surface area contributed by atoms with E-state index in [0.29, 0.717) is 5.69 Å². The number of halogens is 3. The van der Waals surface area contributed by atoms with E-state index in [1.807, 2.05) is 37.4 Å². The Labute approximate surface area is 161 Å². The maximum atomic E-state index is 12.3. The first-order chi connectivity index (χ1) is 13.1. The number of carbonyl (C=O) groups excluding carboxylic acids is 2. The molecule has 0 aliphatic rings. The second-order valence-corrected chi connectivity index (χ2v) is 6.50. The zero-order chi connectivity index (χ0) is 20.9. The molecule has 28 heavy (non-hydrogen) atoms. The molecule has 0 saturated carbocycles. The van der Waals surface area contributed by atoms with Crippen molar-refractivity contribution in [2.45, 2.75) is 26.9 Å². The lowest BCUT2D eigenvalue weighted by Crippen LogP contribution is -2.33. The lowest BCUT2D eigenvalue weighted by Gasteiger charge is -2.14. The molecule has 0 radical (unpaired) electrons. The minimum absolute atomic E-state index is 0.0533. The maximum Gasteiger partial charge on any atom is 0.405 e. The number of alkyl halides is 3. The van der Waals surface area contributed by atoms with Gasteiger partial charge in [0, 0.05) is 16.9 Å². The molecule has 2 aromatic rings. The Morgan fingerprint density at radius 2 is 1.61 bits per heavy atom. The summed E-state index contributed by atoms with van der Waals surface area (Å²) in [5, 5.41) is 7.59. The molecule has 0 aliphatic heterocycles. The fourth-order valence-electron chi connectivity index (χ4n) is 2.61. The van der Waals surface area contributed by atoms with Crippen LogP contribution >= 0.6 is 0 Å². The molecule has 0 atom stereocenters. The minimum Gasteiger partial charge on any atom is -0.376 e. The van der Waals surface area contributed by atoms with Crippen LogP contribution in [0, 0.1) is 20.8 Å². The van der Waals surface area contributed by atoms with E-state index in [1.165, 1.54) is 12.1 Å².